The van der Waals surface area contributed by atoms with E-state index in [1.807, 2.05) is 13.8 Å². The van der Waals surface area contributed by atoms with Crippen molar-refractivity contribution in [2.45, 2.75) is 84.2 Å². The Morgan fingerprint density at radius 2 is 1.64 bits per heavy atom. The number of nitrogens with one attached hydrogen (secondary N) is 2. The Morgan fingerprint density at radius 1 is 0.976 bits per heavy atom. The number of rotatable bonds is 15. The maximum Gasteiger partial charge on any atom is 0.253 e. The molecule has 3 amide bonds. The fourth-order valence-electron chi connectivity index (χ4n) is 5.63. The van der Waals surface area contributed by atoms with Crippen molar-refractivity contribution >= 4 is 17.7 Å². The van der Waals surface area contributed by atoms with Crippen molar-refractivity contribution in [2.75, 3.05) is 19.6 Å². The van der Waals surface area contributed by atoms with Gasteiger partial charge in [0.05, 0.1) is 0 Å². The Bertz CT molecular complexity index is 1200. The molecule has 0 unspecified atom stereocenters. The molecule has 1 aliphatic rings. The first-order chi connectivity index (χ1) is 20.1. The van der Waals surface area contributed by atoms with E-state index in [2.05, 4.69) is 10.6 Å². The lowest BCUT2D eigenvalue weighted by Crippen LogP contribution is -2.50. The van der Waals surface area contributed by atoms with E-state index in [9.17, 15) is 23.2 Å². The van der Waals surface area contributed by atoms with E-state index in [0.29, 0.717) is 42.2 Å². The normalized spacial score (nSPS) is 15.6. The summed E-state index contributed by atoms with van der Waals surface area (Å²) in [6.45, 7) is 7.72. The Morgan fingerprint density at radius 3 is 2.29 bits per heavy atom. The number of nitrogens with two attached hydrogens (primary N) is 1. The third-order valence-electron chi connectivity index (χ3n) is 8.03. The summed E-state index contributed by atoms with van der Waals surface area (Å²) >= 11 is 0. The number of benzene rings is 2. The van der Waals surface area contributed by atoms with Crippen molar-refractivity contribution in [3.8, 4) is 0 Å². The lowest BCUT2D eigenvalue weighted by molar-refractivity contribution is -0.125. The Balaban J connectivity index is 1.75. The van der Waals surface area contributed by atoms with E-state index in [1.165, 1.54) is 18.9 Å². The Labute approximate surface area is 248 Å². The van der Waals surface area contributed by atoms with E-state index in [-0.39, 0.29) is 24.7 Å². The summed E-state index contributed by atoms with van der Waals surface area (Å²) in [6.07, 6.45) is 6.71. The molecule has 1 aliphatic carbocycles. The van der Waals surface area contributed by atoms with Crippen LogP contribution in [0.25, 0.3) is 0 Å². The van der Waals surface area contributed by atoms with Gasteiger partial charge in [0.2, 0.25) is 5.91 Å². The van der Waals surface area contributed by atoms with Crippen LogP contribution < -0.4 is 16.4 Å². The summed E-state index contributed by atoms with van der Waals surface area (Å²) < 4.78 is 27.6. The Hall–Kier alpha value is -3.33. The third-order valence-corrected chi connectivity index (χ3v) is 8.03. The van der Waals surface area contributed by atoms with E-state index in [4.69, 9.17) is 5.73 Å². The molecule has 9 heteroatoms. The zero-order valence-corrected chi connectivity index (χ0v) is 25.1. The van der Waals surface area contributed by atoms with Crippen LogP contribution in [-0.4, -0.2) is 54.3 Å². The van der Waals surface area contributed by atoms with Gasteiger partial charge < -0.3 is 21.3 Å². The molecule has 230 valence electrons. The maximum absolute atomic E-state index is 14.0. The molecule has 42 heavy (non-hydrogen) atoms. The van der Waals surface area contributed by atoms with Crippen molar-refractivity contribution in [1.82, 2.24) is 15.5 Å². The minimum Gasteiger partial charge on any atom is -0.356 e. The van der Waals surface area contributed by atoms with Crippen LogP contribution in [0, 0.1) is 23.5 Å². The molecular formula is C33H46F2N4O3. The van der Waals surface area contributed by atoms with Crippen molar-refractivity contribution in [1.29, 1.82) is 0 Å². The van der Waals surface area contributed by atoms with Gasteiger partial charge in [0.25, 0.3) is 11.8 Å². The average molecular weight is 585 g/mol. The summed E-state index contributed by atoms with van der Waals surface area (Å²) in [5, 5.41) is 5.98. The molecule has 0 aliphatic heterocycles. The highest BCUT2D eigenvalue weighted by Crippen LogP contribution is 2.24. The molecule has 0 heterocycles. The quantitative estimate of drug-likeness (QED) is 0.267. The maximum atomic E-state index is 14.0. The lowest BCUT2D eigenvalue weighted by Gasteiger charge is -2.28. The molecule has 4 N–H and O–H groups in total. The number of amides is 3. The van der Waals surface area contributed by atoms with Gasteiger partial charge in [-0.05, 0) is 80.3 Å². The van der Waals surface area contributed by atoms with Gasteiger partial charge in [-0.15, -0.1) is 0 Å². The highest BCUT2D eigenvalue weighted by Gasteiger charge is 2.27. The first-order valence-corrected chi connectivity index (χ1v) is 15.3. The van der Waals surface area contributed by atoms with Gasteiger partial charge in [-0.25, -0.2) is 8.78 Å². The largest absolute Gasteiger partial charge is 0.356 e. The van der Waals surface area contributed by atoms with E-state index >= 15 is 0 Å². The van der Waals surface area contributed by atoms with Crippen LogP contribution in [-0.2, 0) is 11.2 Å². The third kappa shape index (κ3) is 9.61. The first-order valence-electron chi connectivity index (χ1n) is 15.3. The van der Waals surface area contributed by atoms with Gasteiger partial charge >= 0.3 is 0 Å². The van der Waals surface area contributed by atoms with Crippen molar-refractivity contribution in [3.63, 3.8) is 0 Å². The number of carbonyl (C=O) groups is 3. The molecule has 1 saturated carbocycles. The fraction of sp³-hybridized carbons (Fsp3) is 0.545. The molecule has 3 atom stereocenters. The van der Waals surface area contributed by atoms with Crippen LogP contribution in [0.15, 0.2) is 42.5 Å². The first kappa shape index (κ1) is 33.2. The minimum atomic E-state index is -0.985. The van der Waals surface area contributed by atoms with E-state index < -0.39 is 35.5 Å². The van der Waals surface area contributed by atoms with Crippen LogP contribution in [0.1, 0.15) is 92.0 Å². The number of halogens is 2. The summed E-state index contributed by atoms with van der Waals surface area (Å²) in [4.78, 5) is 41.1. The van der Waals surface area contributed by atoms with Gasteiger partial charge in [-0.3, -0.25) is 14.4 Å². The summed E-state index contributed by atoms with van der Waals surface area (Å²) in [5.41, 5.74) is 7.75. The van der Waals surface area contributed by atoms with E-state index in [1.54, 1.807) is 36.1 Å². The summed E-state index contributed by atoms with van der Waals surface area (Å²) in [7, 11) is 0. The Kier molecular flexibility index (Phi) is 12.9. The van der Waals surface area contributed by atoms with Gasteiger partial charge in [0.15, 0.2) is 11.6 Å². The van der Waals surface area contributed by atoms with Crippen molar-refractivity contribution in [2.24, 2.45) is 17.6 Å². The van der Waals surface area contributed by atoms with Crippen LogP contribution in [0.3, 0.4) is 0 Å². The predicted octanol–water partition coefficient (Wildman–Crippen LogP) is 5.23. The second-order valence-electron chi connectivity index (χ2n) is 11.6. The monoisotopic (exact) mass is 584 g/mol. The van der Waals surface area contributed by atoms with E-state index in [0.717, 1.165) is 37.8 Å². The molecule has 0 saturated heterocycles. The van der Waals surface area contributed by atoms with Crippen LogP contribution in [0.4, 0.5) is 8.78 Å². The molecule has 0 spiro atoms. The SMILES string of the molecule is CCCN(CCC)C(=O)c1cccc(C(=O)N[C@@H](Cc2ccc(F)c(F)c2)[C@@H](N)C[C@@H](C)C(=O)NCC2CCCC2)c1. The molecule has 0 aromatic heterocycles. The lowest BCUT2D eigenvalue weighted by atomic mass is 9.91. The van der Waals surface area contributed by atoms with Gasteiger partial charge in [0, 0.05) is 48.8 Å². The molecule has 7 nitrogen and oxygen atoms in total. The minimum absolute atomic E-state index is 0.0924. The molecule has 2 aromatic carbocycles. The van der Waals surface area contributed by atoms with Gasteiger partial charge in [0.1, 0.15) is 0 Å². The van der Waals surface area contributed by atoms with Gasteiger partial charge in [-0.2, -0.15) is 0 Å². The van der Waals surface area contributed by atoms with Crippen molar-refractivity contribution < 1.29 is 23.2 Å². The molecule has 0 bridgehead atoms. The van der Waals surface area contributed by atoms with Crippen molar-refractivity contribution in [3.05, 3.63) is 70.8 Å². The average Bonchev–Trinajstić information content (AvgIpc) is 3.50. The number of carbonyl (C=O) groups excluding carboxylic acids is 3. The van der Waals surface area contributed by atoms with Crippen LogP contribution >= 0.6 is 0 Å². The number of hydrogen-bond acceptors (Lipinski definition) is 4. The number of nitrogens with zero attached hydrogens (tertiary/aromatic N) is 1. The molecular weight excluding hydrogens is 538 g/mol. The highest BCUT2D eigenvalue weighted by molar-refractivity contribution is 5.99. The summed E-state index contributed by atoms with van der Waals surface area (Å²) in [6, 6.07) is 8.80. The van der Waals surface area contributed by atoms with Crippen LogP contribution in [0.5, 0.6) is 0 Å². The molecule has 1 fully saturated rings. The topological polar surface area (TPSA) is 105 Å². The zero-order chi connectivity index (χ0) is 30.6. The predicted molar refractivity (Wildman–Crippen MR) is 161 cm³/mol. The molecule has 2 aromatic rings. The van der Waals surface area contributed by atoms with Crippen LogP contribution in [0.2, 0.25) is 0 Å². The second-order valence-corrected chi connectivity index (χ2v) is 11.6. The van der Waals surface area contributed by atoms with Gasteiger partial charge in [-0.1, -0.05) is 45.7 Å². The summed E-state index contributed by atoms with van der Waals surface area (Å²) in [5.74, 6) is -2.52. The second kappa shape index (κ2) is 16.3. The zero-order valence-electron chi connectivity index (χ0n) is 25.1. The smallest absolute Gasteiger partial charge is 0.253 e. The fourth-order valence-corrected chi connectivity index (χ4v) is 5.63. The number of hydrogen-bond donors (Lipinski definition) is 3. The standard InChI is InChI=1S/C33H46F2N4O3/c1-4-15-39(16-5-2)33(42)26-12-8-11-25(20-26)32(41)38-30(19-24-13-14-27(34)28(35)18-24)29(36)17-22(3)31(40)37-21-23-9-6-7-10-23/h8,11-14,18,20,22-23,29-30H,4-7,9-10,15-17,19,21,36H2,1-3H3,(H,37,40)(H,38,41)/t22-,29+,30+/m1/s1. The highest BCUT2D eigenvalue weighted by atomic mass is 19.2. The molecule has 3 rings (SSSR count). The molecule has 0 radical (unpaired) electrons.